The van der Waals surface area contributed by atoms with Crippen molar-refractivity contribution in [1.82, 2.24) is 5.32 Å². The normalized spacial score (nSPS) is 20.5. The molecule has 0 saturated carbocycles. The summed E-state index contributed by atoms with van der Waals surface area (Å²) in [6.07, 6.45) is -1.37. The standard InChI is InChI=1S/C11H14Cl3NO6S/c1-2-18-10(22)21-8-6(7(16)15-8)3-4-19-9(17)20-5-11(12,13)14/h6,8H,2-5H2,1H3,(H,15,16)/t6-,8+/m0/s1. The number of carbonyl (C=O) groups excluding carboxylic acids is 2. The van der Waals surface area contributed by atoms with Gasteiger partial charge in [0.05, 0.1) is 19.1 Å². The smallest absolute Gasteiger partial charge is 0.457 e. The minimum Gasteiger partial charge on any atom is -0.457 e. The third kappa shape index (κ3) is 7.04. The average molecular weight is 395 g/mol. The Balaban J connectivity index is 2.24. The van der Waals surface area contributed by atoms with Gasteiger partial charge in [0, 0.05) is 12.2 Å². The van der Waals surface area contributed by atoms with Crippen LogP contribution in [0.25, 0.3) is 0 Å². The Morgan fingerprint density at radius 1 is 1.32 bits per heavy atom. The maximum Gasteiger partial charge on any atom is 0.508 e. The quantitative estimate of drug-likeness (QED) is 0.320. The molecule has 1 aliphatic heterocycles. The lowest BCUT2D eigenvalue weighted by atomic mass is 9.96. The molecule has 0 aromatic rings. The van der Waals surface area contributed by atoms with Crippen LogP contribution in [0.3, 0.4) is 0 Å². The van der Waals surface area contributed by atoms with Crippen LogP contribution in [0.5, 0.6) is 0 Å². The van der Waals surface area contributed by atoms with Gasteiger partial charge in [-0.1, -0.05) is 34.8 Å². The second-order valence-electron chi connectivity index (χ2n) is 4.13. The highest BCUT2D eigenvalue weighted by Crippen LogP contribution is 2.26. The first-order chi connectivity index (χ1) is 10.2. The molecule has 2 atom stereocenters. The summed E-state index contributed by atoms with van der Waals surface area (Å²) < 4.78 is 17.8. The molecule has 22 heavy (non-hydrogen) atoms. The van der Waals surface area contributed by atoms with E-state index >= 15 is 0 Å². The number of hydrogen-bond donors (Lipinski definition) is 1. The van der Waals surface area contributed by atoms with Gasteiger partial charge in [0.1, 0.15) is 6.61 Å². The monoisotopic (exact) mass is 393 g/mol. The zero-order chi connectivity index (χ0) is 16.8. The van der Waals surface area contributed by atoms with Crippen molar-refractivity contribution >= 4 is 64.3 Å². The lowest BCUT2D eigenvalue weighted by Crippen LogP contribution is -2.60. The molecule has 7 nitrogen and oxygen atoms in total. The molecule has 11 heteroatoms. The molecule has 1 amide bonds. The molecule has 1 N–H and O–H groups in total. The Bertz CT molecular complexity index is 431. The summed E-state index contributed by atoms with van der Waals surface area (Å²) in [5, 5.41) is 2.46. The Hall–Kier alpha value is -0.700. The van der Waals surface area contributed by atoms with Crippen LogP contribution in [0.15, 0.2) is 0 Å². The van der Waals surface area contributed by atoms with E-state index in [-0.39, 0.29) is 24.2 Å². The molecular weight excluding hydrogens is 381 g/mol. The highest BCUT2D eigenvalue weighted by atomic mass is 35.6. The zero-order valence-electron chi connectivity index (χ0n) is 11.5. The molecule has 0 aliphatic carbocycles. The summed E-state index contributed by atoms with van der Waals surface area (Å²) in [5.74, 6) is -0.734. The third-order valence-corrected chi connectivity index (χ3v) is 3.02. The number of amides is 1. The van der Waals surface area contributed by atoms with Gasteiger partial charge in [-0.3, -0.25) is 4.79 Å². The van der Waals surface area contributed by atoms with Gasteiger partial charge >= 0.3 is 11.4 Å². The Kier molecular flexibility index (Phi) is 7.75. The summed E-state index contributed by atoms with van der Waals surface area (Å²) in [4.78, 5) is 22.6. The van der Waals surface area contributed by atoms with Crippen molar-refractivity contribution in [2.24, 2.45) is 5.92 Å². The molecule has 0 bridgehead atoms. The number of carbonyl (C=O) groups is 2. The minimum atomic E-state index is -1.71. The van der Waals surface area contributed by atoms with Gasteiger partial charge in [-0.2, -0.15) is 0 Å². The third-order valence-electron chi connectivity index (χ3n) is 2.47. The molecule has 1 rings (SSSR count). The Morgan fingerprint density at radius 3 is 2.55 bits per heavy atom. The lowest BCUT2D eigenvalue weighted by molar-refractivity contribution is -0.147. The van der Waals surface area contributed by atoms with Gasteiger partial charge in [-0.05, 0) is 13.3 Å². The number of thiocarbonyl (C=S) groups is 1. The Morgan fingerprint density at radius 2 is 2.00 bits per heavy atom. The second-order valence-corrected chi connectivity index (χ2v) is 6.98. The second kappa shape index (κ2) is 8.81. The fourth-order valence-electron chi connectivity index (χ4n) is 1.49. The SMILES string of the molecule is CCOC(=S)O[C@H]1NC(=O)[C@@H]1CCOC(=O)OCC(Cl)(Cl)Cl. The van der Waals surface area contributed by atoms with E-state index < -0.39 is 28.7 Å². The van der Waals surface area contributed by atoms with E-state index in [2.05, 4.69) is 10.1 Å². The molecule has 1 fully saturated rings. The van der Waals surface area contributed by atoms with Crippen LogP contribution in [0.2, 0.25) is 0 Å². The summed E-state index contributed by atoms with van der Waals surface area (Å²) >= 11 is 21.0. The van der Waals surface area contributed by atoms with Gasteiger partial charge in [-0.15, -0.1) is 0 Å². The fraction of sp³-hybridized carbons (Fsp3) is 0.727. The minimum absolute atomic E-state index is 0.0551. The summed E-state index contributed by atoms with van der Waals surface area (Å²) in [7, 11) is 0. The van der Waals surface area contributed by atoms with E-state index in [1.807, 2.05) is 0 Å². The van der Waals surface area contributed by atoms with Crippen LogP contribution in [0.1, 0.15) is 13.3 Å². The number of halogens is 3. The van der Waals surface area contributed by atoms with Crippen LogP contribution in [-0.2, 0) is 23.7 Å². The van der Waals surface area contributed by atoms with E-state index in [0.29, 0.717) is 6.61 Å². The molecule has 0 aromatic carbocycles. The van der Waals surface area contributed by atoms with Crippen LogP contribution in [-0.4, -0.2) is 47.1 Å². The topological polar surface area (TPSA) is 83.1 Å². The van der Waals surface area contributed by atoms with Crippen LogP contribution in [0.4, 0.5) is 4.79 Å². The predicted octanol–water partition coefficient (Wildman–Crippen LogP) is 2.31. The molecule has 1 saturated heterocycles. The van der Waals surface area contributed by atoms with Gasteiger partial charge in [0.15, 0.2) is 6.23 Å². The number of β-lactam (4-membered cyclic amide) rings is 1. The molecule has 1 aliphatic rings. The number of nitrogens with one attached hydrogen (secondary N) is 1. The van der Waals surface area contributed by atoms with Gasteiger partial charge < -0.3 is 24.3 Å². The van der Waals surface area contributed by atoms with Crippen molar-refractivity contribution in [1.29, 1.82) is 0 Å². The van der Waals surface area contributed by atoms with Crippen molar-refractivity contribution in [3.8, 4) is 0 Å². The van der Waals surface area contributed by atoms with E-state index in [1.54, 1.807) is 6.92 Å². The maximum atomic E-state index is 11.4. The summed E-state index contributed by atoms with van der Waals surface area (Å²) in [6.45, 7) is 1.62. The summed E-state index contributed by atoms with van der Waals surface area (Å²) in [5.41, 5.74) is 0. The first-order valence-corrected chi connectivity index (χ1v) is 7.77. The molecule has 0 unspecified atom stereocenters. The van der Waals surface area contributed by atoms with E-state index in [4.69, 9.17) is 61.2 Å². The molecule has 0 aromatic heterocycles. The largest absolute Gasteiger partial charge is 0.508 e. The number of rotatable bonds is 6. The molecular formula is C11H14Cl3NO6S. The van der Waals surface area contributed by atoms with Crippen LogP contribution >= 0.6 is 47.0 Å². The molecule has 1 heterocycles. The highest BCUT2D eigenvalue weighted by Gasteiger charge is 2.41. The highest BCUT2D eigenvalue weighted by molar-refractivity contribution is 7.79. The average Bonchev–Trinajstić information content (AvgIpc) is 2.40. The van der Waals surface area contributed by atoms with E-state index in [1.165, 1.54) is 0 Å². The van der Waals surface area contributed by atoms with Gasteiger partial charge in [0.2, 0.25) is 9.70 Å². The number of hydrogen-bond acceptors (Lipinski definition) is 7. The predicted molar refractivity (Wildman–Crippen MR) is 82.9 cm³/mol. The molecule has 126 valence electrons. The summed E-state index contributed by atoms with van der Waals surface area (Å²) in [6, 6.07) is 0. The number of alkyl halides is 3. The first-order valence-electron chi connectivity index (χ1n) is 6.23. The molecule has 0 spiro atoms. The van der Waals surface area contributed by atoms with Gasteiger partial charge in [-0.25, -0.2) is 4.79 Å². The van der Waals surface area contributed by atoms with E-state index in [9.17, 15) is 9.59 Å². The van der Waals surface area contributed by atoms with Crippen molar-refractivity contribution in [3.63, 3.8) is 0 Å². The van der Waals surface area contributed by atoms with Crippen molar-refractivity contribution in [2.75, 3.05) is 19.8 Å². The van der Waals surface area contributed by atoms with Crippen molar-refractivity contribution in [2.45, 2.75) is 23.4 Å². The van der Waals surface area contributed by atoms with Crippen LogP contribution in [0, 0.1) is 5.92 Å². The van der Waals surface area contributed by atoms with Crippen molar-refractivity contribution in [3.05, 3.63) is 0 Å². The van der Waals surface area contributed by atoms with Crippen LogP contribution < -0.4 is 5.32 Å². The first kappa shape index (κ1) is 19.3. The van der Waals surface area contributed by atoms with Crippen molar-refractivity contribution < 1.29 is 28.5 Å². The maximum absolute atomic E-state index is 11.4. The lowest BCUT2D eigenvalue weighted by Gasteiger charge is -2.35. The fourth-order valence-corrected chi connectivity index (χ4v) is 1.88. The zero-order valence-corrected chi connectivity index (χ0v) is 14.6. The van der Waals surface area contributed by atoms with Gasteiger partial charge in [0.25, 0.3) is 0 Å². The molecule has 0 radical (unpaired) electrons. The number of ether oxygens (including phenoxy) is 4. The Labute approximate surface area is 147 Å². The van der Waals surface area contributed by atoms with E-state index in [0.717, 1.165) is 0 Å².